The van der Waals surface area contributed by atoms with Crippen LogP contribution in [0.1, 0.15) is 18.4 Å². The molecule has 0 saturated heterocycles. The minimum Gasteiger partial charge on any atom is -0.480 e. The van der Waals surface area contributed by atoms with Gasteiger partial charge in [0.05, 0.1) is 10.9 Å². The van der Waals surface area contributed by atoms with E-state index in [-0.39, 0.29) is 6.42 Å². The molecule has 6 heteroatoms. The van der Waals surface area contributed by atoms with Crippen molar-refractivity contribution in [1.82, 2.24) is 0 Å². The van der Waals surface area contributed by atoms with Crippen LogP contribution >= 0.6 is 0 Å². The molecule has 1 heterocycles. The van der Waals surface area contributed by atoms with Crippen molar-refractivity contribution >= 4 is 21.7 Å². The molecule has 1 fully saturated rings. The lowest BCUT2D eigenvalue weighted by Gasteiger charge is -2.24. The lowest BCUT2D eigenvalue weighted by Crippen LogP contribution is -2.44. The van der Waals surface area contributed by atoms with E-state index in [1.54, 1.807) is 24.3 Å². The van der Waals surface area contributed by atoms with E-state index < -0.39 is 27.3 Å². The first kappa shape index (κ1) is 11.5. The number of hydrogen-bond acceptors (Lipinski definition) is 3. The molecular formula is C12H13NO4S. The van der Waals surface area contributed by atoms with Gasteiger partial charge in [-0.05, 0) is 24.5 Å². The first-order chi connectivity index (χ1) is 8.51. The van der Waals surface area contributed by atoms with E-state index in [0.717, 1.165) is 9.87 Å². The number of rotatable bonds is 3. The van der Waals surface area contributed by atoms with E-state index in [0.29, 0.717) is 18.5 Å². The van der Waals surface area contributed by atoms with Gasteiger partial charge in [0.2, 0.25) is 10.0 Å². The first-order valence-corrected chi connectivity index (χ1v) is 7.36. The van der Waals surface area contributed by atoms with Crippen LogP contribution in [-0.4, -0.2) is 30.8 Å². The lowest BCUT2D eigenvalue weighted by atomic mass is 10.1. The standard InChI is InChI=1S/C12H13NO4S/c14-12(15)11-7-8-3-1-2-4-10(8)13(11)18(16,17)9-5-6-9/h1-4,9,11H,5-7H2,(H,14,15)/t11-/m0/s1. The van der Waals surface area contributed by atoms with Crippen LogP contribution in [0.25, 0.3) is 0 Å². The monoisotopic (exact) mass is 267 g/mol. The average molecular weight is 267 g/mol. The molecule has 1 aromatic rings. The Kier molecular flexibility index (Phi) is 2.38. The van der Waals surface area contributed by atoms with Gasteiger partial charge in [-0.15, -0.1) is 0 Å². The highest BCUT2D eigenvalue weighted by molar-refractivity contribution is 7.93. The number of para-hydroxylation sites is 1. The molecule has 0 aromatic heterocycles. The zero-order chi connectivity index (χ0) is 12.9. The van der Waals surface area contributed by atoms with E-state index in [1.807, 2.05) is 0 Å². The second kappa shape index (κ2) is 3.71. The number of fused-ring (bicyclic) bond motifs is 1. The summed E-state index contributed by atoms with van der Waals surface area (Å²) in [5.41, 5.74) is 1.31. The van der Waals surface area contributed by atoms with Crippen LogP contribution in [-0.2, 0) is 21.2 Å². The predicted molar refractivity (Wildman–Crippen MR) is 66.0 cm³/mol. The third-order valence-corrected chi connectivity index (χ3v) is 5.74. The molecule has 96 valence electrons. The number of aliphatic carboxylic acids is 1. The molecule has 1 aliphatic carbocycles. The Hall–Kier alpha value is -1.56. The second-order valence-corrected chi connectivity index (χ2v) is 6.82. The minimum atomic E-state index is -3.52. The van der Waals surface area contributed by atoms with Crippen molar-refractivity contribution in [2.24, 2.45) is 0 Å². The number of carboxylic acids is 1. The predicted octanol–water partition coefficient (Wildman–Crippen LogP) is 0.995. The number of nitrogens with zero attached hydrogens (tertiary/aromatic N) is 1. The van der Waals surface area contributed by atoms with Crippen LogP contribution in [0.15, 0.2) is 24.3 Å². The lowest BCUT2D eigenvalue weighted by molar-refractivity contribution is -0.138. The van der Waals surface area contributed by atoms with Crippen LogP contribution in [0.5, 0.6) is 0 Å². The van der Waals surface area contributed by atoms with Gasteiger partial charge >= 0.3 is 5.97 Å². The van der Waals surface area contributed by atoms with Gasteiger partial charge in [-0.2, -0.15) is 0 Å². The van der Waals surface area contributed by atoms with Crippen LogP contribution in [0.3, 0.4) is 0 Å². The molecule has 0 unspecified atom stereocenters. The number of carbonyl (C=O) groups is 1. The summed E-state index contributed by atoms with van der Waals surface area (Å²) in [5.74, 6) is -1.09. The van der Waals surface area contributed by atoms with Crippen LogP contribution in [0, 0.1) is 0 Å². The van der Waals surface area contributed by atoms with Crippen molar-refractivity contribution < 1.29 is 18.3 Å². The second-order valence-electron chi connectivity index (χ2n) is 4.73. The summed E-state index contributed by atoms with van der Waals surface area (Å²) in [6, 6.07) is 6.00. The van der Waals surface area contributed by atoms with Crippen molar-refractivity contribution in [1.29, 1.82) is 0 Å². The third-order valence-electron chi connectivity index (χ3n) is 3.43. The molecule has 1 aliphatic heterocycles. The van der Waals surface area contributed by atoms with Gasteiger partial charge in [-0.3, -0.25) is 4.31 Å². The average Bonchev–Trinajstić information content (AvgIpc) is 3.09. The van der Waals surface area contributed by atoms with Crippen molar-refractivity contribution in [3.63, 3.8) is 0 Å². The zero-order valence-electron chi connectivity index (χ0n) is 9.61. The van der Waals surface area contributed by atoms with Crippen LogP contribution < -0.4 is 4.31 Å². The maximum atomic E-state index is 12.3. The van der Waals surface area contributed by atoms with Crippen LogP contribution in [0.2, 0.25) is 0 Å². The number of sulfonamides is 1. The third kappa shape index (κ3) is 1.59. The highest BCUT2D eigenvalue weighted by Crippen LogP contribution is 2.40. The first-order valence-electron chi connectivity index (χ1n) is 5.86. The maximum Gasteiger partial charge on any atom is 0.327 e. The Morgan fingerprint density at radius 1 is 1.28 bits per heavy atom. The van der Waals surface area contributed by atoms with E-state index in [4.69, 9.17) is 0 Å². The Bertz CT molecular complexity index is 606. The molecule has 3 rings (SSSR count). The molecule has 0 spiro atoms. The zero-order valence-corrected chi connectivity index (χ0v) is 10.4. The molecule has 0 bridgehead atoms. The van der Waals surface area contributed by atoms with Crippen molar-refractivity contribution in [2.45, 2.75) is 30.6 Å². The molecule has 1 saturated carbocycles. The smallest absolute Gasteiger partial charge is 0.327 e. The summed E-state index contributed by atoms with van der Waals surface area (Å²) in [7, 11) is -3.52. The van der Waals surface area contributed by atoms with E-state index in [9.17, 15) is 18.3 Å². The highest BCUT2D eigenvalue weighted by atomic mass is 32.2. The molecule has 0 amide bonds. The van der Waals surface area contributed by atoms with Crippen LogP contribution in [0.4, 0.5) is 5.69 Å². The fraction of sp³-hybridized carbons (Fsp3) is 0.417. The summed E-state index contributed by atoms with van der Waals surface area (Å²) in [4.78, 5) is 11.3. The number of carboxylic acid groups (broad SMARTS) is 1. The molecule has 1 aromatic carbocycles. The van der Waals surface area contributed by atoms with Gasteiger partial charge < -0.3 is 5.11 Å². The summed E-state index contributed by atoms with van der Waals surface area (Å²) in [5, 5.41) is 8.82. The Morgan fingerprint density at radius 3 is 2.56 bits per heavy atom. The van der Waals surface area contributed by atoms with E-state index >= 15 is 0 Å². The normalized spacial score (nSPS) is 22.9. The molecule has 1 N–H and O–H groups in total. The van der Waals surface area contributed by atoms with Gasteiger partial charge in [-0.25, -0.2) is 13.2 Å². The molecule has 1 atom stereocenters. The Morgan fingerprint density at radius 2 is 1.94 bits per heavy atom. The minimum absolute atomic E-state index is 0.247. The van der Waals surface area contributed by atoms with Gasteiger partial charge in [0.15, 0.2) is 0 Å². The summed E-state index contributed by atoms with van der Waals surface area (Å²) >= 11 is 0. The molecule has 0 radical (unpaired) electrons. The van der Waals surface area contributed by atoms with Gasteiger partial charge in [-0.1, -0.05) is 18.2 Å². The fourth-order valence-corrected chi connectivity index (χ4v) is 4.41. The summed E-state index contributed by atoms with van der Waals surface area (Å²) in [6.45, 7) is 0. The molecule has 18 heavy (non-hydrogen) atoms. The van der Waals surface area contributed by atoms with Crippen molar-refractivity contribution in [3.8, 4) is 0 Å². The van der Waals surface area contributed by atoms with Crippen molar-refractivity contribution in [3.05, 3.63) is 29.8 Å². The quantitative estimate of drug-likeness (QED) is 0.886. The Balaban J connectivity index is 2.11. The molecule has 2 aliphatic rings. The maximum absolute atomic E-state index is 12.3. The number of benzene rings is 1. The largest absolute Gasteiger partial charge is 0.480 e. The summed E-state index contributed by atoms with van der Waals surface area (Å²) < 4.78 is 25.8. The van der Waals surface area contributed by atoms with Gasteiger partial charge in [0, 0.05) is 6.42 Å². The van der Waals surface area contributed by atoms with Crippen molar-refractivity contribution in [2.75, 3.05) is 4.31 Å². The van der Waals surface area contributed by atoms with Gasteiger partial charge in [0.25, 0.3) is 0 Å². The van der Waals surface area contributed by atoms with Gasteiger partial charge in [0.1, 0.15) is 6.04 Å². The van der Waals surface area contributed by atoms with E-state index in [1.165, 1.54) is 0 Å². The molecular weight excluding hydrogens is 254 g/mol. The summed E-state index contributed by atoms with van der Waals surface area (Å²) in [6.07, 6.45) is 1.51. The number of anilines is 1. The SMILES string of the molecule is O=C(O)[C@@H]1Cc2ccccc2N1S(=O)(=O)C1CC1. The fourth-order valence-electron chi connectivity index (χ4n) is 2.39. The molecule has 5 nitrogen and oxygen atoms in total. The topological polar surface area (TPSA) is 74.7 Å². The number of hydrogen-bond donors (Lipinski definition) is 1. The Labute approximate surface area is 105 Å². The highest BCUT2D eigenvalue weighted by Gasteiger charge is 2.48. The van der Waals surface area contributed by atoms with E-state index in [2.05, 4.69) is 0 Å².